The quantitative estimate of drug-likeness (QED) is 0.0301. The zero-order valence-corrected chi connectivity index (χ0v) is 60.7. The molecule has 11 aromatic rings. The van der Waals surface area contributed by atoms with Crippen LogP contribution in [0.4, 0.5) is 56.9 Å². The number of aryl methyl sites for hydroxylation is 5. The van der Waals surface area contributed by atoms with Crippen molar-refractivity contribution in [3.8, 4) is 41.7 Å². The first-order valence-electron chi connectivity index (χ1n) is 33.5. The normalized spacial score (nSPS) is 10.8. The molecule has 0 amide bonds. The lowest BCUT2D eigenvalue weighted by molar-refractivity contribution is 0.219. The van der Waals surface area contributed by atoms with E-state index in [1.807, 2.05) is 59.9 Å². The Morgan fingerprint density at radius 3 is 0.990 bits per heavy atom. The molecule has 104 heavy (non-hydrogen) atoms. The molecule has 0 aliphatic carbocycles. The average molecular weight is 1400 g/mol. The fourth-order valence-electron chi connectivity index (χ4n) is 11.3. The molecular weight excluding hydrogens is 1320 g/mol. The van der Waals surface area contributed by atoms with Crippen molar-refractivity contribution in [1.82, 2.24) is 0 Å². The number of aliphatic hydroxyl groups is 2. The maximum Gasteiger partial charge on any atom is 0.335 e. The molecule has 0 spiro atoms. The van der Waals surface area contributed by atoms with Crippen molar-refractivity contribution in [2.45, 2.75) is 60.8 Å². The SMILES string of the molecule is CCOP(=O)(Cc1cc(C#N)c(CP(=O)(C#CO)C#CO)cc1C#N)OCC.Cc1ccc(N(c2ccccc2)c2ccccc2)cc1.[C-]#[N+]c1cc(C=Cc2ccc(N(c3ccc(C)cc3)c3ccc(C)cc3)cc2)c(C#N)cc1C=Cc1ccc(N(c2ccc(C)cc2)c2ccc(C)cc2)cc1. The lowest BCUT2D eigenvalue weighted by atomic mass is 10.0. The molecule has 0 aliphatic rings. The summed E-state index contributed by atoms with van der Waals surface area (Å²) in [7, 11) is -7.19. The molecule has 2 N–H and O–H groups in total. The van der Waals surface area contributed by atoms with E-state index in [1.54, 1.807) is 26.0 Å². The molecule has 15 heteroatoms. The Kier molecular flexibility index (Phi) is 26.6. The second-order valence-electron chi connectivity index (χ2n) is 24.3. The number of benzene rings is 11. The van der Waals surface area contributed by atoms with Crippen molar-refractivity contribution in [3.63, 3.8) is 0 Å². The Morgan fingerprint density at radius 1 is 0.394 bits per heavy atom. The zero-order chi connectivity index (χ0) is 74.0. The predicted molar refractivity (Wildman–Crippen MR) is 424 cm³/mol. The maximum atomic E-state index is 12.8. The summed E-state index contributed by atoms with van der Waals surface area (Å²) in [5, 5.41) is 46.5. The Balaban J connectivity index is 0.000000215. The molecular formula is C89H77N7O6P2. The van der Waals surface area contributed by atoms with Gasteiger partial charge in [0.25, 0.3) is 0 Å². The first-order chi connectivity index (χ1) is 50.4. The summed E-state index contributed by atoms with van der Waals surface area (Å²) >= 11 is 0. The lowest BCUT2D eigenvalue weighted by Gasteiger charge is -2.26. The number of hydrogen-bond donors (Lipinski definition) is 2. The van der Waals surface area contributed by atoms with Crippen molar-refractivity contribution < 1.29 is 28.4 Å². The first-order valence-corrected chi connectivity index (χ1v) is 37.2. The molecule has 11 aromatic carbocycles. The average Bonchev–Trinajstić information content (AvgIpc) is 0.829. The van der Waals surface area contributed by atoms with Crippen molar-refractivity contribution in [1.29, 1.82) is 15.8 Å². The van der Waals surface area contributed by atoms with Crippen LogP contribution < -0.4 is 14.7 Å². The fraction of sp³-hybridized carbons (Fsp3) is 0.124. The highest BCUT2D eigenvalue weighted by Gasteiger charge is 2.28. The van der Waals surface area contributed by atoms with Gasteiger partial charge in [-0.25, -0.2) is 4.85 Å². The Hall–Kier alpha value is -12.6. The van der Waals surface area contributed by atoms with Crippen LogP contribution in [0.25, 0.3) is 29.1 Å². The first kappa shape index (κ1) is 75.6. The van der Waals surface area contributed by atoms with Gasteiger partial charge in [0, 0.05) is 68.7 Å². The van der Waals surface area contributed by atoms with Gasteiger partial charge in [0.1, 0.15) is 12.2 Å². The summed E-state index contributed by atoms with van der Waals surface area (Å²) in [6.07, 6.45) is 10.3. The van der Waals surface area contributed by atoms with E-state index in [0.717, 1.165) is 45.3 Å². The molecule has 11 rings (SSSR count). The minimum absolute atomic E-state index is 0.0632. The van der Waals surface area contributed by atoms with E-state index < -0.39 is 14.7 Å². The zero-order valence-electron chi connectivity index (χ0n) is 58.9. The molecule has 0 heterocycles. The minimum Gasteiger partial charge on any atom is -0.462 e. The van der Waals surface area contributed by atoms with E-state index in [1.165, 1.54) is 69.2 Å². The summed E-state index contributed by atoms with van der Waals surface area (Å²) < 4.78 is 35.8. The van der Waals surface area contributed by atoms with Gasteiger partial charge in [-0.05, 0) is 215 Å². The summed E-state index contributed by atoms with van der Waals surface area (Å²) in [6, 6.07) is 92.9. The minimum atomic E-state index is -3.68. The second-order valence-corrected chi connectivity index (χ2v) is 28.6. The van der Waals surface area contributed by atoms with Crippen LogP contribution in [0.3, 0.4) is 0 Å². The Bertz CT molecular complexity index is 4880. The topological polar surface area (TPSA) is 179 Å². The van der Waals surface area contributed by atoms with Crippen LogP contribution in [-0.4, -0.2) is 23.4 Å². The van der Waals surface area contributed by atoms with Crippen LogP contribution in [0.1, 0.15) is 91.7 Å². The van der Waals surface area contributed by atoms with Crippen molar-refractivity contribution in [2.75, 3.05) is 27.9 Å². The smallest absolute Gasteiger partial charge is 0.335 e. The maximum absolute atomic E-state index is 12.8. The van der Waals surface area contributed by atoms with E-state index >= 15 is 0 Å². The van der Waals surface area contributed by atoms with Gasteiger partial charge in [-0.1, -0.05) is 173 Å². The number of anilines is 9. The Labute approximate surface area is 611 Å². The summed E-state index contributed by atoms with van der Waals surface area (Å²) in [4.78, 5) is 10.6. The van der Waals surface area contributed by atoms with Crippen LogP contribution in [0.2, 0.25) is 0 Å². The molecule has 0 saturated carbocycles. The summed E-state index contributed by atoms with van der Waals surface area (Å²) in [5.74, 6) is 0. The monoisotopic (exact) mass is 1400 g/mol. The van der Waals surface area contributed by atoms with Crippen LogP contribution in [0.15, 0.2) is 255 Å². The lowest BCUT2D eigenvalue weighted by Crippen LogP contribution is -2.09. The molecule has 0 unspecified atom stereocenters. The highest BCUT2D eigenvalue weighted by atomic mass is 31.2. The molecule has 0 aliphatic heterocycles. The molecule has 0 saturated heterocycles. The van der Waals surface area contributed by atoms with Gasteiger partial charge in [-0.15, -0.1) is 0 Å². The standard InChI is InChI=1S/C52H42N4.C19H17N.C18H18N2O6P2/c1-37-6-22-46(23-7-37)55(47-24-8-38(2)9-25-47)50-30-16-41(17-31-50)14-20-43-35-52(54-5)44(34-45(43)36-53)21-15-42-18-32-51(33-19-42)56(48-26-10-39(3)11-27-48)49-28-12-40(4)13-29-49;1-16-12-14-19(15-13-16)20(17-8-4-2-5-9-17)18-10-6-3-7-11-18;1-3-25-28(24,26-4-2)14-18-10-15(11-19)17(9-16(18)12-20)13-27(23,7-5-21)8-6-22/h6-35H,1-4H3;2-15H,1H3;9-10,21-22H,3-4,13-14H2,1-2H3. The fourth-order valence-corrected chi connectivity index (χ4v) is 14.3. The molecule has 0 fully saturated rings. The van der Waals surface area contributed by atoms with Crippen LogP contribution in [-0.2, 0) is 30.5 Å². The van der Waals surface area contributed by atoms with Crippen molar-refractivity contribution in [2.24, 2.45) is 0 Å². The summed E-state index contributed by atoms with van der Waals surface area (Å²) in [5.41, 5.74) is 25.2. The third-order valence-corrected chi connectivity index (χ3v) is 20.3. The predicted octanol–water partition coefficient (Wildman–Crippen LogP) is 23.7. The third kappa shape index (κ3) is 20.3. The number of rotatable bonds is 21. The van der Waals surface area contributed by atoms with Crippen molar-refractivity contribution >= 4 is 95.9 Å². The number of hydrogen-bond acceptors (Lipinski definition) is 12. The second kappa shape index (κ2) is 36.6. The summed E-state index contributed by atoms with van der Waals surface area (Å²) in [6.45, 7) is 22.0. The highest BCUT2D eigenvalue weighted by molar-refractivity contribution is 7.73. The number of nitrogens with zero attached hydrogens (tertiary/aromatic N) is 7. The van der Waals surface area contributed by atoms with Crippen LogP contribution >= 0.6 is 14.7 Å². The van der Waals surface area contributed by atoms with Gasteiger partial charge in [0.2, 0.25) is 7.14 Å². The molecule has 0 aromatic heterocycles. The van der Waals surface area contributed by atoms with E-state index in [0.29, 0.717) is 22.4 Å². The molecule has 13 nitrogen and oxygen atoms in total. The highest BCUT2D eigenvalue weighted by Crippen LogP contribution is 2.53. The molecule has 0 radical (unpaired) electrons. The number of nitriles is 3. The Morgan fingerprint density at radius 2 is 0.692 bits per heavy atom. The van der Waals surface area contributed by atoms with Gasteiger partial charge in [0.05, 0.1) is 60.8 Å². The van der Waals surface area contributed by atoms with Crippen molar-refractivity contribution in [3.05, 3.63) is 344 Å². The van der Waals surface area contributed by atoms with Gasteiger partial charge in [-0.2, -0.15) is 15.8 Å². The number of para-hydroxylation sites is 2. The van der Waals surface area contributed by atoms with Gasteiger partial charge in [-0.3, -0.25) is 9.13 Å². The van der Waals surface area contributed by atoms with Gasteiger partial charge < -0.3 is 34.0 Å². The number of aliphatic hydroxyl groups excluding tert-OH is 2. The third-order valence-electron chi connectivity index (χ3n) is 16.6. The molecule has 0 bridgehead atoms. The van der Waals surface area contributed by atoms with E-state index in [2.05, 4.69) is 279 Å². The van der Waals surface area contributed by atoms with Gasteiger partial charge in [0.15, 0.2) is 5.69 Å². The largest absolute Gasteiger partial charge is 0.462 e. The van der Waals surface area contributed by atoms with E-state index in [4.69, 9.17) is 25.8 Å². The van der Waals surface area contributed by atoms with Crippen LogP contribution in [0.5, 0.6) is 0 Å². The van der Waals surface area contributed by atoms with Crippen LogP contribution in [0, 0.1) is 98.7 Å². The molecule has 0 atom stereocenters. The van der Waals surface area contributed by atoms with Gasteiger partial charge >= 0.3 is 7.60 Å². The van der Waals surface area contributed by atoms with E-state index in [9.17, 15) is 24.9 Å². The molecule has 514 valence electrons. The van der Waals surface area contributed by atoms with E-state index in [-0.39, 0.29) is 47.8 Å².